The van der Waals surface area contributed by atoms with Gasteiger partial charge in [-0.3, -0.25) is 0 Å². The zero-order chi connectivity index (χ0) is 9.73. The molecule has 1 aromatic rings. The van der Waals surface area contributed by atoms with Crippen molar-refractivity contribution in [3.8, 4) is 0 Å². The van der Waals surface area contributed by atoms with Crippen LogP contribution in [0.1, 0.15) is 6.99 Å². The van der Waals surface area contributed by atoms with Gasteiger partial charge >= 0.3 is 39.7 Å². The molecule has 0 unspecified atom stereocenters. The average Bonchev–Trinajstić information content (AvgIpc) is 2.04. The molecule has 0 spiro atoms. The van der Waals surface area contributed by atoms with Gasteiger partial charge in [-0.1, -0.05) is 36.9 Å². The van der Waals surface area contributed by atoms with E-state index in [1.54, 1.807) is 24.3 Å². The molecule has 0 aliphatic heterocycles. The smallest absolute Gasteiger partial charge is 1.00 e. The van der Waals surface area contributed by atoms with Crippen molar-refractivity contribution >= 4 is 10.1 Å². The third-order valence-corrected chi connectivity index (χ3v) is 2.52. The molecular weight excluding hydrogens is 211 g/mol. The van der Waals surface area contributed by atoms with Crippen LogP contribution in [0.25, 0.3) is 0 Å². The molecule has 72 valence electrons. The summed E-state index contributed by atoms with van der Waals surface area (Å²) in [5, 5.41) is 0. The molecule has 0 heterocycles. The van der Waals surface area contributed by atoms with Crippen molar-refractivity contribution < 1.29 is 43.6 Å². The van der Waals surface area contributed by atoms with Gasteiger partial charge in [-0.05, 0) is 5.56 Å². The minimum absolute atomic E-state index is 0. The fourth-order valence-electron chi connectivity index (χ4n) is 0.916. The molecule has 0 saturated heterocycles. The fraction of sp³-hybridized carbons (Fsp3) is 0.111. The van der Waals surface area contributed by atoms with E-state index < -0.39 is 10.1 Å². The van der Waals surface area contributed by atoms with Crippen molar-refractivity contribution in [2.24, 2.45) is 0 Å². The summed E-state index contributed by atoms with van der Waals surface area (Å²) in [6, 6.07) is 8.83. The molecule has 0 amide bonds. The molecule has 0 bridgehead atoms. The summed E-state index contributed by atoms with van der Waals surface area (Å²) in [6.07, 6.45) is 0.915. The zero-order valence-electron chi connectivity index (χ0n) is 9.01. The second-order valence-corrected chi connectivity index (χ2v) is 4.05. The van der Waals surface area contributed by atoms with Gasteiger partial charge in [0.25, 0.3) is 0 Å². The third kappa shape index (κ3) is 4.81. The van der Waals surface area contributed by atoms with Crippen molar-refractivity contribution in [1.82, 2.24) is 0 Å². The summed E-state index contributed by atoms with van der Waals surface area (Å²) in [7, 11) is -3.50. The van der Waals surface area contributed by atoms with E-state index in [9.17, 15) is 8.42 Å². The maximum absolute atomic E-state index is 11.1. The standard InChI is InChI=1S/C9H10O3S.Na.H/c1-2-12-13(10,11)8-9-6-4-3-5-7-9;;/h2-7H,1,8H2;;/q;+1;-1. The van der Waals surface area contributed by atoms with Gasteiger partial charge < -0.3 is 5.61 Å². The van der Waals surface area contributed by atoms with E-state index >= 15 is 0 Å². The van der Waals surface area contributed by atoms with Gasteiger partial charge in [-0.25, -0.2) is 0 Å². The van der Waals surface area contributed by atoms with Crippen LogP contribution in [0.5, 0.6) is 0 Å². The molecule has 5 heteroatoms. The Morgan fingerprint density at radius 2 is 1.93 bits per heavy atom. The molecule has 14 heavy (non-hydrogen) atoms. The third-order valence-electron chi connectivity index (χ3n) is 1.40. The van der Waals surface area contributed by atoms with Crippen LogP contribution >= 0.6 is 0 Å². The summed E-state index contributed by atoms with van der Waals surface area (Å²) in [4.78, 5) is 0. The summed E-state index contributed by atoms with van der Waals surface area (Å²) < 4.78 is 26.6. The Hall–Kier alpha value is -0.290. The van der Waals surface area contributed by atoms with E-state index in [0.717, 1.165) is 6.26 Å². The van der Waals surface area contributed by atoms with Gasteiger partial charge in [0.15, 0.2) is 0 Å². The van der Waals surface area contributed by atoms with Crippen LogP contribution in [-0.4, -0.2) is 8.42 Å². The van der Waals surface area contributed by atoms with Crippen molar-refractivity contribution in [3.05, 3.63) is 48.7 Å². The van der Waals surface area contributed by atoms with Crippen molar-refractivity contribution in [2.45, 2.75) is 5.75 Å². The predicted molar refractivity (Wildman–Crippen MR) is 51.5 cm³/mol. The Morgan fingerprint density at radius 3 is 2.43 bits per heavy atom. The van der Waals surface area contributed by atoms with Gasteiger partial charge in [0.2, 0.25) is 0 Å². The number of rotatable bonds is 4. The largest absolute Gasteiger partial charge is 1.00 e. The van der Waals surface area contributed by atoms with Crippen LogP contribution < -0.4 is 29.6 Å². The summed E-state index contributed by atoms with van der Waals surface area (Å²) in [5.74, 6) is -0.125. The first kappa shape index (κ1) is 13.7. The molecule has 0 N–H and O–H groups in total. The number of hydrogen-bond donors (Lipinski definition) is 0. The van der Waals surface area contributed by atoms with Gasteiger partial charge in [0.1, 0.15) is 5.75 Å². The molecule has 0 fully saturated rings. The maximum atomic E-state index is 11.1. The van der Waals surface area contributed by atoms with Crippen molar-refractivity contribution in [3.63, 3.8) is 0 Å². The van der Waals surface area contributed by atoms with Gasteiger partial charge in [-0.2, -0.15) is 8.42 Å². The molecule has 0 radical (unpaired) electrons. The SMILES string of the molecule is C=COS(=O)(=O)Cc1ccccc1.[H-].[Na+]. The van der Waals surface area contributed by atoms with E-state index in [-0.39, 0.29) is 36.7 Å². The zero-order valence-corrected chi connectivity index (χ0v) is 10.8. The van der Waals surface area contributed by atoms with Crippen LogP contribution in [0.3, 0.4) is 0 Å². The van der Waals surface area contributed by atoms with Gasteiger partial charge in [-0.15, -0.1) is 0 Å². The van der Waals surface area contributed by atoms with Crippen LogP contribution in [0, 0.1) is 0 Å². The first-order valence-electron chi connectivity index (χ1n) is 3.70. The molecule has 1 aromatic carbocycles. The monoisotopic (exact) mass is 222 g/mol. The van der Waals surface area contributed by atoms with Crippen LogP contribution in [0.2, 0.25) is 0 Å². The number of hydrogen-bond acceptors (Lipinski definition) is 3. The van der Waals surface area contributed by atoms with Gasteiger partial charge in [0, 0.05) is 0 Å². The van der Waals surface area contributed by atoms with Crippen molar-refractivity contribution in [1.29, 1.82) is 0 Å². The topological polar surface area (TPSA) is 43.4 Å². The second-order valence-electron chi connectivity index (χ2n) is 2.45. The van der Waals surface area contributed by atoms with Crippen molar-refractivity contribution in [2.75, 3.05) is 0 Å². The molecular formula is C9H11NaO3S. The summed E-state index contributed by atoms with van der Waals surface area (Å²) in [6.45, 7) is 3.19. The van der Waals surface area contributed by atoms with Gasteiger partial charge in [0.05, 0.1) is 6.26 Å². The molecule has 3 nitrogen and oxygen atoms in total. The summed E-state index contributed by atoms with van der Waals surface area (Å²) in [5.41, 5.74) is 0.698. The Kier molecular flexibility index (Phi) is 6.11. The Morgan fingerprint density at radius 1 is 1.36 bits per heavy atom. The van der Waals surface area contributed by atoms with Crippen LogP contribution in [0.15, 0.2) is 43.2 Å². The molecule has 0 aliphatic rings. The minimum Gasteiger partial charge on any atom is -1.00 e. The van der Waals surface area contributed by atoms with E-state index in [1.807, 2.05) is 6.07 Å². The second kappa shape index (κ2) is 6.24. The van der Waals surface area contributed by atoms with Crippen LogP contribution in [-0.2, 0) is 20.1 Å². The maximum Gasteiger partial charge on any atom is 1.00 e. The Bertz CT molecular complexity index is 378. The quantitative estimate of drug-likeness (QED) is 0.365. The average molecular weight is 222 g/mol. The van der Waals surface area contributed by atoms with E-state index in [2.05, 4.69) is 10.8 Å². The first-order chi connectivity index (χ1) is 6.14. The Balaban J connectivity index is 0. The van der Waals surface area contributed by atoms with Crippen LogP contribution in [0.4, 0.5) is 0 Å². The fourth-order valence-corrected chi connectivity index (χ4v) is 1.79. The van der Waals surface area contributed by atoms with E-state index in [4.69, 9.17) is 0 Å². The molecule has 0 aliphatic carbocycles. The Labute approximate surface area is 108 Å². The molecule has 0 saturated carbocycles. The predicted octanol–water partition coefficient (Wildman–Crippen LogP) is -1.21. The first-order valence-corrected chi connectivity index (χ1v) is 5.27. The number of benzene rings is 1. The molecule has 0 aromatic heterocycles. The molecule has 0 atom stereocenters. The minimum atomic E-state index is -3.50. The van der Waals surface area contributed by atoms with E-state index in [0.29, 0.717) is 5.56 Å². The van der Waals surface area contributed by atoms with E-state index in [1.165, 1.54) is 0 Å². The summed E-state index contributed by atoms with van der Waals surface area (Å²) >= 11 is 0. The molecule has 1 rings (SSSR count). The normalized spacial score (nSPS) is 10.0.